The molecule has 1 saturated heterocycles. The van der Waals surface area contributed by atoms with E-state index >= 15 is 0 Å². The molecule has 126 valence electrons. The molecular weight excluding hydrogens is 320 g/mol. The van der Waals surface area contributed by atoms with E-state index in [4.69, 9.17) is 9.94 Å². The maximum atomic E-state index is 11.4. The van der Waals surface area contributed by atoms with Crippen LogP contribution in [-0.4, -0.2) is 55.7 Å². The number of hydrogen-bond donors (Lipinski definition) is 1. The lowest BCUT2D eigenvalue weighted by Crippen LogP contribution is -2.39. The minimum Gasteiger partial charge on any atom is -0.465 e. The Morgan fingerprint density at radius 1 is 1.26 bits per heavy atom. The predicted octanol–water partition coefficient (Wildman–Crippen LogP) is 1.97. The van der Waals surface area contributed by atoms with Gasteiger partial charge in [-0.25, -0.2) is 13.2 Å². The molecule has 1 aliphatic rings. The van der Waals surface area contributed by atoms with Crippen LogP contribution < -0.4 is 0 Å². The largest absolute Gasteiger partial charge is 0.465 e. The highest BCUT2D eigenvalue weighted by molar-refractivity contribution is 7.90. The molecule has 0 bridgehead atoms. The van der Waals surface area contributed by atoms with Gasteiger partial charge in [0.15, 0.2) is 9.84 Å². The monoisotopic (exact) mass is 340 g/mol. The van der Waals surface area contributed by atoms with Crippen LogP contribution in [0.1, 0.15) is 25.3 Å². The minimum absolute atomic E-state index is 0.101. The van der Waals surface area contributed by atoms with Gasteiger partial charge < -0.3 is 14.8 Å². The first-order chi connectivity index (χ1) is 10.8. The molecule has 0 unspecified atom stereocenters. The summed E-state index contributed by atoms with van der Waals surface area (Å²) >= 11 is 0. The Kier molecular flexibility index (Phi) is 5.25. The normalized spacial score (nSPS) is 17.1. The second kappa shape index (κ2) is 6.99. The van der Waals surface area contributed by atoms with Gasteiger partial charge in [-0.05, 0) is 24.6 Å². The number of likely N-dealkylation sites (tertiary alicyclic amines) is 1. The van der Waals surface area contributed by atoms with Crippen LogP contribution in [0.15, 0.2) is 34.3 Å². The molecule has 1 aliphatic heterocycles. The first kappa shape index (κ1) is 17.3. The lowest BCUT2D eigenvalue weighted by Gasteiger charge is -2.28. The van der Waals surface area contributed by atoms with E-state index in [1.54, 1.807) is 19.1 Å². The van der Waals surface area contributed by atoms with Crippen LogP contribution in [0.5, 0.6) is 0 Å². The number of sulfone groups is 1. The van der Waals surface area contributed by atoms with Crippen LogP contribution in [0.2, 0.25) is 0 Å². The maximum Gasteiger partial charge on any atom is 0.407 e. The van der Waals surface area contributed by atoms with E-state index in [1.807, 2.05) is 0 Å². The zero-order chi connectivity index (χ0) is 17.0. The lowest BCUT2D eigenvalue weighted by molar-refractivity contribution is 0.0134. The summed E-state index contributed by atoms with van der Waals surface area (Å²) in [5.74, 6) is 0. The van der Waals surface area contributed by atoms with E-state index < -0.39 is 15.9 Å². The van der Waals surface area contributed by atoms with Crippen molar-refractivity contribution in [1.29, 1.82) is 0 Å². The number of benzene rings is 1. The van der Waals surface area contributed by atoms with Crippen LogP contribution in [0.3, 0.4) is 0 Å². The molecule has 1 aromatic rings. The van der Waals surface area contributed by atoms with Crippen molar-refractivity contribution in [2.45, 2.75) is 30.8 Å². The van der Waals surface area contributed by atoms with Crippen molar-refractivity contribution in [3.05, 3.63) is 29.8 Å². The van der Waals surface area contributed by atoms with Gasteiger partial charge in [-0.2, -0.15) is 0 Å². The second-order valence-electron chi connectivity index (χ2n) is 5.55. The summed E-state index contributed by atoms with van der Waals surface area (Å²) in [4.78, 5) is 17.9. The summed E-state index contributed by atoms with van der Waals surface area (Å²) in [6.07, 6.45) is 1.37. The number of rotatable bonds is 4. The van der Waals surface area contributed by atoms with Gasteiger partial charge in [0.2, 0.25) is 0 Å². The zero-order valence-corrected chi connectivity index (χ0v) is 13.9. The molecule has 0 aromatic heterocycles. The number of piperidine rings is 1. The van der Waals surface area contributed by atoms with Crippen LogP contribution >= 0.6 is 0 Å². The Labute approximate surface area is 135 Å². The van der Waals surface area contributed by atoms with Crippen molar-refractivity contribution in [2.75, 3.05) is 19.3 Å². The van der Waals surface area contributed by atoms with Crippen LogP contribution in [0, 0.1) is 0 Å². The Bertz CT molecular complexity index is 689. The van der Waals surface area contributed by atoms with Gasteiger partial charge >= 0.3 is 6.09 Å². The molecule has 1 heterocycles. The number of amides is 1. The molecule has 7 nitrogen and oxygen atoms in total. The third kappa shape index (κ3) is 4.69. The molecule has 0 radical (unpaired) electrons. The Morgan fingerprint density at radius 2 is 1.83 bits per heavy atom. The van der Waals surface area contributed by atoms with Crippen molar-refractivity contribution >= 4 is 21.6 Å². The number of oxime groups is 1. The standard InChI is InChI=1S/C15H20N2O5S/c1-11(12-3-5-14(6-4-12)23(2,20)21)16-22-13-7-9-17(10-8-13)15(18)19/h3-6,13H,7-10H2,1-2H3,(H,18,19)/b16-11-. The summed E-state index contributed by atoms with van der Waals surface area (Å²) in [7, 11) is -3.21. The number of hydrogen-bond acceptors (Lipinski definition) is 5. The van der Waals surface area contributed by atoms with Crippen LogP contribution in [-0.2, 0) is 14.7 Å². The van der Waals surface area contributed by atoms with E-state index in [0.717, 1.165) is 11.8 Å². The van der Waals surface area contributed by atoms with Crippen LogP contribution in [0.25, 0.3) is 0 Å². The van der Waals surface area contributed by atoms with Gasteiger partial charge in [0, 0.05) is 32.2 Å². The van der Waals surface area contributed by atoms with E-state index in [-0.39, 0.29) is 11.0 Å². The van der Waals surface area contributed by atoms with Gasteiger partial charge in [0.25, 0.3) is 0 Å². The third-order valence-corrected chi connectivity index (χ3v) is 4.88. The molecule has 0 atom stereocenters. The molecule has 0 spiro atoms. The van der Waals surface area contributed by atoms with Crippen molar-refractivity contribution < 1.29 is 23.2 Å². The average Bonchev–Trinajstić information content (AvgIpc) is 2.52. The fraction of sp³-hybridized carbons (Fsp3) is 0.467. The summed E-state index contributed by atoms with van der Waals surface area (Å²) < 4.78 is 22.8. The van der Waals surface area contributed by atoms with Gasteiger partial charge in [-0.1, -0.05) is 17.3 Å². The van der Waals surface area contributed by atoms with Crippen LogP contribution in [0.4, 0.5) is 4.79 Å². The smallest absolute Gasteiger partial charge is 0.407 e. The van der Waals surface area contributed by atoms with Gasteiger partial charge in [-0.3, -0.25) is 0 Å². The molecule has 1 fully saturated rings. The molecule has 1 aromatic carbocycles. The van der Waals surface area contributed by atoms with Crippen molar-refractivity contribution in [3.8, 4) is 0 Å². The Hall–Kier alpha value is -2.09. The molecule has 1 amide bonds. The topological polar surface area (TPSA) is 96.3 Å². The first-order valence-electron chi connectivity index (χ1n) is 7.26. The number of nitrogens with zero attached hydrogens (tertiary/aromatic N) is 2. The molecule has 0 aliphatic carbocycles. The highest BCUT2D eigenvalue weighted by atomic mass is 32.2. The van der Waals surface area contributed by atoms with Gasteiger partial charge in [0.05, 0.1) is 10.6 Å². The van der Waals surface area contributed by atoms with E-state index in [0.29, 0.717) is 31.6 Å². The molecule has 0 saturated carbocycles. The van der Waals surface area contributed by atoms with Gasteiger partial charge in [0.1, 0.15) is 6.10 Å². The quantitative estimate of drug-likeness (QED) is 0.668. The summed E-state index contributed by atoms with van der Waals surface area (Å²) in [6.45, 7) is 2.66. The predicted molar refractivity (Wildman–Crippen MR) is 85.5 cm³/mol. The second-order valence-corrected chi connectivity index (χ2v) is 7.56. The number of carbonyl (C=O) groups is 1. The van der Waals surface area contributed by atoms with E-state index in [2.05, 4.69) is 5.16 Å². The fourth-order valence-electron chi connectivity index (χ4n) is 2.30. The molecule has 2 rings (SSSR count). The molecular formula is C15H20N2O5S. The fourth-order valence-corrected chi connectivity index (χ4v) is 2.93. The maximum absolute atomic E-state index is 11.4. The molecule has 23 heavy (non-hydrogen) atoms. The average molecular weight is 340 g/mol. The highest BCUT2D eigenvalue weighted by Crippen LogP contribution is 2.15. The van der Waals surface area contributed by atoms with E-state index in [9.17, 15) is 13.2 Å². The lowest BCUT2D eigenvalue weighted by atomic mass is 10.1. The zero-order valence-electron chi connectivity index (χ0n) is 13.1. The highest BCUT2D eigenvalue weighted by Gasteiger charge is 2.23. The van der Waals surface area contributed by atoms with Crippen molar-refractivity contribution in [2.24, 2.45) is 5.16 Å². The molecule has 1 N–H and O–H groups in total. The van der Waals surface area contributed by atoms with Crippen molar-refractivity contribution in [1.82, 2.24) is 4.90 Å². The number of carboxylic acid groups (broad SMARTS) is 1. The first-order valence-corrected chi connectivity index (χ1v) is 9.15. The molecule has 8 heteroatoms. The van der Waals surface area contributed by atoms with Gasteiger partial charge in [-0.15, -0.1) is 0 Å². The third-order valence-electron chi connectivity index (χ3n) is 3.75. The van der Waals surface area contributed by atoms with Crippen molar-refractivity contribution in [3.63, 3.8) is 0 Å². The summed E-state index contributed by atoms with van der Waals surface area (Å²) in [5.41, 5.74) is 1.42. The Morgan fingerprint density at radius 3 is 2.30 bits per heavy atom. The Balaban J connectivity index is 1.94. The summed E-state index contributed by atoms with van der Waals surface area (Å²) in [6, 6.07) is 6.45. The minimum atomic E-state index is -3.21. The van der Waals surface area contributed by atoms with E-state index in [1.165, 1.54) is 17.0 Å². The SMILES string of the molecule is C/C(=N/OC1CCN(C(=O)O)CC1)c1ccc(S(C)(=O)=O)cc1. The summed E-state index contributed by atoms with van der Waals surface area (Å²) in [5, 5.41) is 13.0.